The van der Waals surface area contributed by atoms with E-state index in [-0.39, 0.29) is 17.2 Å². The maximum atomic E-state index is 14.8. The third-order valence-corrected chi connectivity index (χ3v) is 3.83. The molecule has 1 fully saturated rings. The summed E-state index contributed by atoms with van der Waals surface area (Å²) in [6.07, 6.45) is 1.96. The number of hydrogen-bond acceptors (Lipinski definition) is 3. The summed E-state index contributed by atoms with van der Waals surface area (Å²) in [7, 11) is 0. The minimum atomic E-state index is -1.63. The first-order valence-electron chi connectivity index (χ1n) is 7.23. The minimum absolute atomic E-state index is 0.0507. The first kappa shape index (κ1) is 15.9. The fourth-order valence-electron chi connectivity index (χ4n) is 2.87. The summed E-state index contributed by atoms with van der Waals surface area (Å²) in [5, 5.41) is 8.97. The second-order valence-electron chi connectivity index (χ2n) is 6.05. The molecule has 0 aromatic heterocycles. The molecule has 1 unspecified atom stereocenters. The lowest BCUT2D eigenvalue weighted by molar-refractivity contribution is 0.0432. The lowest BCUT2D eigenvalue weighted by Crippen LogP contribution is -2.44. The average molecular weight is 293 g/mol. The van der Waals surface area contributed by atoms with Crippen molar-refractivity contribution in [3.05, 3.63) is 35.1 Å². The van der Waals surface area contributed by atoms with Gasteiger partial charge in [-0.15, -0.1) is 0 Å². The van der Waals surface area contributed by atoms with Crippen molar-refractivity contribution in [1.29, 1.82) is 5.26 Å². The number of nitrogens with two attached hydrogens (primary N) is 1. The molecule has 0 heterocycles. The highest BCUT2D eigenvalue weighted by Gasteiger charge is 2.43. The van der Waals surface area contributed by atoms with Crippen LogP contribution in [0.1, 0.15) is 43.9 Å². The van der Waals surface area contributed by atoms with Crippen molar-refractivity contribution in [2.24, 2.45) is 5.73 Å². The van der Waals surface area contributed by atoms with Gasteiger partial charge in [-0.05, 0) is 32.8 Å². The van der Waals surface area contributed by atoms with Gasteiger partial charge in [-0.25, -0.2) is 8.78 Å². The number of benzene rings is 1. The standard InChI is InChI=1S/C16H21F2N3/c1-16(2,18)15(21(9-8-19)12-6-7-12)13-5-3-4-11(10-20)14(13)17/h3-5,12,15H,6-9,19H2,1-2H3. The zero-order chi connectivity index (χ0) is 15.6. The lowest BCUT2D eigenvalue weighted by Gasteiger charge is -2.38. The Labute approximate surface area is 124 Å². The first-order chi connectivity index (χ1) is 9.90. The summed E-state index contributed by atoms with van der Waals surface area (Å²) in [6.45, 7) is 3.80. The molecule has 1 atom stereocenters. The summed E-state index contributed by atoms with van der Waals surface area (Å²) in [5.41, 5.74) is 4.19. The molecule has 0 spiro atoms. The van der Waals surface area contributed by atoms with Crippen LogP contribution in [0, 0.1) is 17.1 Å². The van der Waals surface area contributed by atoms with Crippen LogP contribution < -0.4 is 5.73 Å². The van der Waals surface area contributed by atoms with Crippen LogP contribution in [0.15, 0.2) is 18.2 Å². The molecular weight excluding hydrogens is 272 g/mol. The van der Waals surface area contributed by atoms with Gasteiger partial charge in [-0.2, -0.15) is 5.26 Å². The Morgan fingerprint density at radius 2 is 2.14 bits per heavy atom. The van der Waals surface area contributed by atoms with Crippen molar-refractivity contribution >= 4 is 0 Å². The van der Waals surface area contributed by atoms with Crippen LogP contribution in [0.25, 0.3) is 0 Å². The highest BCUT2D eigenvalue weighted by Crippen LogP contribution is 2.42. The third-order valence-electron chi connectivity index (χ3n) is 3.83. The largest absolute Gasteiger partial charge is 0.329 e. The summed E-state index contributed by atoms with van der Waals surface area (Å²) < 4.78 is 29.3. The molecule has 1 aromatic rings. The van der Waals surface area contributed by atoms with Crippen molar-refractivity contribution in [3.8, 4) is 6.07 Å². The van der Waals surface area contributed by atoms with Crippen LogP contribution in [0.3, 0.4) is 0 Å². The molecular formula is C16H21F2N3. The minimum Gasteiger partial charge on any atom is -0.329 e. The van der Waals surface area contributed by atoms with E-state index in [1.807, 2.05) is 11.0 Å². The van der Waals surface area contributed by atoms with E-state index in [1.165, 1.54) is 19.9 Å². The Kier molecular flexibility index (Phi) is 4.60. The average Bonchev–Trinajstić information content (AvgIpc) is 3.23. The van der Waals surface area contributed by atoms with Gasteiger partial charge in [0.15, 0.2) is 0 Å². The molecule has 21 heavy (non-hydrogen) atoms. The van der Waals surface area contributed by atoms with E-state index in [0.717, 1.165) is 12.8 Å². The van der Waals surface area contributed by atoms with Gasteiger partial charge in [0, 0.05) is 24.7 Å². The van der Waals surface area contributed by atoms with E-state index in [9.17, 15) is 8.78 Å². The Bertz CT molecular complexity index is 541. The molecule has 5 heteroatoms. The van der Waals surface area contributed by atoms with E-state index >= 15 is 0 Å². The molecule has 0 radical (unpaired) electrons. The second-order valence-corrected chi connectivity index (χ2v) is 6.05. The van der Waals surface area contributed by atoms with Crippen molar-refractivity contribution in [2.45, 2.75) is 44.4 Å². The Hall–Kier alpha value is -1.51. The van der Waals surface area contributed by atoms with Crippen LogP contribution in [0.5, 0.6) is 0 Å². The Morgan fingerprint density at radius 3 is 2.62 bits per heavy atom. The van der Waals surface area contributed by atoms with Gasteiger partial charge in [0.05, 0.1) is 11.6 Å². The van der Waals surface area contributed by atoms with Gasteiger partial charge in [0.2, 0.25) is 0 Å². The van der Waals surface area contributed by atoms with Crippen LogP contribution in [-0.4, -0.2) is 29.7 Å². The third kappa shape index (κ3) is 3.39. The van der Waals surface area contributed by atoms with Gasteiger partial charge in [-0.1, -0.05) is 12.1 Å². The maximum Gasteiger partial charge on any atom is 0.145 e. The van der Waals surface area contributed by atoms with Crippen LogP contribution in [0.2, 0.25) is 0 Å². The van der Waals surface area contributed by atoms with Gasteiger partial charge < -0.3 is 5.73 Å². The van der Waals surface area contributed by atoms with E-state index in [0.29, 0.717) is 13.1 Å². The SMILES string of the molecule is CC(C)(F)C(c1cccc(C#N)c1F)N(CCN)C1CC1. The van der Waals surface area contributed by atoms with Crippen molar-refractivity contribution in [1.82, 2.24) is 4.90 Å². The molecule has 1 aliphatic rings. The van der Waals surface area contributed by atoms with E-state index in [4.69, 9.17) is 11.0 Å². The Morgan fingerprint density at radius 1 is 1.48 bits per heavy atom. The fourth-order valence-corrected chi connectivity index (χ4v) is 2.87. The summed E-state index contributed by atoms with van der Waals surface area (Å²) in [6, 6.07) is 5.90. The zero-order valence-electron chi connectivity index (χ0n) is 12.4. The molecule has 1 aromatic carbocycles. The van der Waals surface area contributed by atoms with Crippen LogP contribution in [-0.2, 0) is 0 Å². The van der Waals surface area contributed by atoms with E-state index < -0.39 is 17.5 Å². The monoisotopic (exact) mass is 293 g/mol. The summed E-state index contributed by atoms with van der Waals surface area (Å²) in [5.74, 6) is -0.626. The van der Waals surface area contributed by atoms with E-state index in [1.54, 1.807) is 12.1 Å². The molecule has 0 aliphatic heterocycles. The van der Waals surface area contributed by atoms with Crippen LogP contribution >= 0.6 is 0 Å². The van der Waals surface area contributed by atoms with Crippen molar-refractivity contribution in [2.75, 3.05) is 13.1 Å². The predicted octanol–water partition coefficient (Wildman–Crippen LogP) is 2.91. The summed E-state index contributed by atoms with van der Waals surface area (Å²) in [4.78, 5) is 1.94. The van der Waals surface area contributed by atoms with Crippen LogP contribution in [0.4, 0.5) is 8.78 Å². The number of rotatable bonds is 6. The second kappa shape index (κ2) is 6.08. The topological polar surface area (TPSA) is 53.0 Å². The van der Waals surface area contributed by atoms with Crippen molar-refractivity contribution in [3.63, 3.8) is 0 Å². The summed E-state index contributed by atoms with van der Waals surface area (Å²) >= 11 is 0. The molecule has 3 nitrogen and oxygen atoms in total. The number of alkyl halides is 1. The van der Waals surface area contributed by atoms with Gasteiger partial charge in [0.25, 0.3) is 0 Å². The van der Waals surface area contributed by atoms with Gasteiger partial charge in [-0.3, -0.25) is 4.90 Å². The normalized spacial score (nSPS) is 16.8. The van der Waals surface area contributed by atoms with Crippen molar-refractivity contribution < 1.29 is 8.78 Å². The molecule has 1 saturated carbocycles. The molecule has 2 N–H and O–H groups in total. The van der Waals surface area contributed by atoms with Gasteiger partial charge >= 0.3 is 0 Å². The molecule has 2 rings (SSSR count). The van der Waals surface area contributed by atoms with Gasteiger partial charge in [0.1, 0.15) is 17.6 Å². The quantitative estimate of drug-likeness (QED) is 0.877. The fraction of sp³-hybridized carbons (Fsp3) is 0.562. The first-order valence-corrected chi connectivity index (χ1v) is 7.23. The number of hydrogen-bond donors (Lipinski definition) is 1. The zero-order valence-corrected chi connectivity index (χ0v) is 12.4. The molecule has 0 bridgehead atoms. The molecule has 0 amide bonds. The Balaban J connectivity index is 2.48. The predicted molar refractivity (Wildman–Crippen MR) is 77.8 cm³/mol. The lowest BCUT2D eigenvalue weighted by atomic mass is 9.90. The smallest absolute Gasteiger partial charge is 0.145 e. The highest BCUT2D eigenvalue weighted by atomic mass is 19.1. The molecule has 114 valence electrons. The highest BCUT2D eigenvalue weighted by molar-refractivity contribution is 5.37. The number of nitriles is 1. The molecule has 0 saturated heterocycles. The number of halogens is 2. The number of nitrogens with zero attached hydrogens (tertiary/aromatic N) is 2. The van der Waals surface area contributed by atoms with E-state index in [2.05, 4.69) is 0 Å². The molecule has 1 aliphatic carbocycles. The maximum absolute atomic E-state index is 14.8.